The third-order valence-electron chi connectivity index (χ3n) is 3.76. The molecule has 1 saturated carbocycles. The number of benzene rings is 1. The van der Waals surface area contributed by atoms with Crippen LogP contribution in [0.4, 0.5) is 0 Å². The van der Waals surface area contributed by atoms with Crippen LogP contribution in [0.15, 0.2) is 29.2 Å². The summed E-state index contributed by atoms with van der Waals surface area (Å²) in [6.07, 6.45) is 2.60. The molecule has 0 bridgehead atoms. The van der Waals surface area contributed by atoms with Crippen LogP contribution in [0.1, 0.15) is 37.8 Å². The fraction of sp³-hybridized carbons (Fsp3) is 0.571. The van der Waals surface area contributed by atoms with Gasteiger partial charge in [0.2, 0.25) is 10.0 Å². The first-order chi connectivity index (χ1) is 9.42. The molecule has 2 rings (SSSR count). The van der Waals surface area contributed by atoms with Gasteiger partial charge >= 0.3 is 0 Å². The summed E-state index contributed by atoms with van der Waals surface area (Å²) in [5.74, 6) is 0. The molecular formula is C14H22N2O3S. The zero-order valence-corrected chi connectivity index (χ0v) is 12.7. The van der Waals surface area contributed by atoms with Crippen molar-refractivity contribution in [2.45, 2.75) is 49.3 Å². The van der Waals surface area contributed by atoms with E-state index >= 15 is 0 Å². The van der Waals surface area contributed by atoms with Gasteiger partial charge in [-0.25, -0.2) is 13.1 Å². The molecule has 6 heteroatoms. The summed E-state index contributed by atoms with van der Waals surface area (Å²) in [7, 11) is -1.80. The van der Waals surface area contributed by atoms with E-state index in [1.807, 2.05) is 6.92 Å². The molecule has 1 aliphatic rings. The maximum absolute atomic E-state index is 12.3. The Bertz CT molecular complexity index is 540. The minimum atomic E-state index is -3.46. The zero-order valence-electron chi connectivity index (χ0n) is 11.9. The van der Waals surface area contributed by atoms with Gasteiger partial charge in [-0.15, -0.1) is 0 Å². The van der Waals surface area contributed by atoms with Gasteiger partial charge in [0, 0.05) is 19.2 Å². The number of hydrogen-bond donors (Lipinski definition) is 2. The second kappa shape index (κ2) is 6.22. The SMILES string of the molecule is COC1CCC(NS(=O)(=O)c2ccc(C(C)N)cc2)C1. The fourth-order valence-corrected chi connectivity index (χ4v) is 3.78. The molecule has 3 atom stereocenters. The normalized spacial score (nSPS) is 24.8. The van der Waals surface area contributed by atoms with E-state index in [1.165, 1.54) is 0 Å². The highest BCUT2D eigenvalue weighted by Gasteiger charge is 2.28. The van der Waals surface area contributed by atoms with Crippen molar-refractivity contribution in [3.05, 3.63) is 29.8 Å². The lowest BCUT2D eigenvalue weighted by Crippen LogP contribution is -2.33. The maximum Gasteiger partial charge on any atom is 0.240 e. The topological polar surface area (TPSA) is 81.4 Å². The predicted molar refractivity (Wildman–Crippen MR) is 77.8 cm³/mol. The van der Waals surface area contributed by atoms with Crippen LogP contribution in [0.2, 0.25) is 0 Å². The Hall–Kier alpha value is -0.950. The largest absolute Gasteiger partial charge is 0.381 e. The highest BCUT2D eigenvalue weighted by atomic mass is 32.2. The number of sulfonamides is 1. The first-order valence-corrected chi connectivity index (χ1v) is 8.31. The summed E-state index contributed by atoms with van der Waals surface area (Å²) in [5, 5.41) is 0. The lowest BCUT2D eigenvalue weighted by molar-refractivity contribution is 0.107. The molecule has 20 heavy (non-hydrogen) atoms. The van der Waals surface area contributed by atoms with Gasteiger partial charge in [0.25, 0.3) is 0 Å². The van der Waals surface area contributed by atoms with Crippen molar-refractivity contribution in [1.82, 2.24) is 4.72 Å². The molecule has 0 aliphatic heterocycles. The van der Waals surface area contributed by atoms with Crippen LogP contribution < -0.4 is 10.5 Å². The average Bonchev–Trinajstić information content (AvgIpc) is 2.85. The molecule has 5 nitrogen and oxygen atoms in total. The van der Waals surface area contributed by atoms with Gasteiger partial charge in [-0.1, -0.05) is 12.1 Å². The molecule has 0 radical (unpaired) electrons. The van der Waals surface area contributed by atoms with Gasteiger partial charge in [-0.3, -0.25) is 0 Å². The van der Waals surface area contributed by atoms with E-state index in [0.717, 1.165) is 24.8 Å². The first kappa shape index (κ1) is 15.4. The van der Waals surface area contributed by atoms with E-state index in [0.29, 0.717) is 0 Å². The Morgan fingerprint density at radius 2 is 1.95 bits per heavy atom. The van der Waals surface area contributed by atoms with Crippen LogP contribution >= 0.6 is 0 Å². The molecule has 0 spiro atoms. The highest BCUT2D eigenvalue weighted by molar-refractivity contribution is 7.89. The molecule has 0 aromatic heterocycles. The Morgan fingerprint density at radius 1 is 1.30 bits per heavy atom. The average molecular weight is 298 g/mol. The zero-order chi connectivity index (χ0) is 14.8. The molecular weight excluding hydrogens is 276 g/mol. The number of hydrogen-bond acceptors (Lipinski definition) is 4. The van der Waals surface area contributed by atoms with Crippen molar-refractivity contribution in [2.24, 2.45) is 5.73 Å². The Morgan fingerprint density at radius 3 is 2.45 bits per heavy atom. The summed E-state index contributed by atoms with van der Waals surface area (Å²) in [4.78, 5) is 0.280. The third-order valence-corrected chi connectivity index (χ3v) is 5.29. The quantitative estimate of drug-likeness (QED) is 0.864. The summed E-state index contributed by atoms with van der Waals surface area (Å²) < 4.78 is 32.6. The van der Waals surface area contributed by atoms with Crippen LogP contribution in [0.5, 0.6) is 0 Å². The smallest absolute Gasteiger partial charge is 0.240 e. The number of methoxy groups -OCH3 is 1. The van der Waals surface area contributed by atoms with E-state index in [-0.39, 0.29) is 23.1 Å². The summed E-state index contributed by atoms with van der Waals surface area (Å²) in [5.41, 5.74) is 6.68. The maximum atomic E-state index is 12.3. The molecule has 3 N–H and O–H groups in total. The summed E-state index contributed by atoms with van der Waals surface area (Å²) >= 11 is 0. The van der Waals surface area contributed by atoms with E-state index < -0.39 is 10.0 Å². The second-order valence-corrected chi connectivity index (χ2v) is 7.06. The van der Waals surface area contributed by atoms with Gasteiger partial charge in [0.05, 0.1) is 11.0 Å². The summed E-state index contributed by atoms with van der Waals surface area (Å²) in [6, 6.07) is 6.57. The van der Waals surface area contributed by atoms with Gasteiger partial charge < -0.3 is 10.5 Å². The molecule has 1 aliphatic carbocycles. The first-order valence-electron chi connectivity index (χ1n) is 6.83. The monoisotopic (exact) mass is 298 g/mol. The van der Waals surface area contributed by atoms with Crippen LogP contribution in [0.3, 0.4) is 0 Å². The van der Waals surface area contributed by atoms with E-state index in [4.69, 9.17) is 10.5 Å². The van der Waals surface area contributed by atoms with E-state index in [9.17, 15) is 8.42 Å². The molecule has 1 aromatic rings. The standard InChI is InChI=1S/C14H22N2O3S/c1-10(15)11-3-7-14(8-4-11)20(17,18)16-12-5-6-13(9-12)19-2/h3-4,7-8,10,12-13,16H,5-6,9,15H2,1-2H3. The van der Waals surface area contributed by atoms with Gasteiger partial charge in [0.1, 0.15) is 0 Å². The Balaban J connectivity index is 2.07. The Kier molecular flexibility index (Phi) is 4.80. The minimum Gasteiger partial charge on any atom is -0.381 e. The Labute approximate surface area is 120 Å². The van der Waals surface area contributed by atoms with E-state index in [2.05, 4.69) is 4.72 Å². The van der Waals surface area contributed by atoms with Crippen LogP contribution in [-0.2, 0) is 14.8 Å². The highest BCUT2D eigenvalue weighted by Crippen LogP contribution is 2.23. The van der Waals surface area contributed by atoms with Crippen molar-refractivity contribution in [3.8, 4) is 0 Å². The minimum absolute atomic E-state index is 0.0435. The molecule has 0 amide bonds. The molecule has 3 unspecified atom stereocenters. The molecule has 1 fully saturated rings. The summed E-state index contributed by atoms with van der Waals surface area (Å²) in [6.45, 7) is 1.87. The van der Waals surface area contributed by atoms with Crippen LogP contribution in [-0.4, -0.2) is 27.7 Å². The number of ether oxygens (including phenoxy) is 1. The van der Waals surface area contributed by atoms with E-state index in [1.54, 1.807) is 31.4 Å². The number of nitrogens with one attached hydrogen (secondary N) is 1. The predicted octanol–water partition coefficient (Wildman–Crippen LogP) is 1.55. The fourth-order valence-electron chi connectivity index (χ4n) is 2.50. The molecule has 0 heterocycles. The van der Waals surface area contributed by atoms with Crippen molar-refractivity contribution in [1.29, 1.82) is 0 Å². The van der Waals surface area contributed by atoms with Gasteiger partial charge in [-0.05, 0) is 43.9 Å². The van der Waals surface area contributed by atoms with Gasteiger partial charge in [-0.2, -0.15) is 0 Å². The van der Waals surface area contributed by atoms with Crippen molar-refractivity contribution < 1.29 is 13.2 Å². The van der Waals surface area contributed by atoms with Crippen LogP contribution in [0, 0.1) is 0 Å². The van der Waals surface area contributed by atoms with Crippen molar-refractivity contribution in [3.63, 3.8) is 0 Å². The number of nitrogens with two attached hydrogens (primary N) is 1. The molecule has 112 valence electrons. The second-order valence-electron chi connectivity index (χ2n) is 5.35. The van der Waals surface area contributed by atoms with Crippen molar-refractivity contribution >= 4 is 10.0 Å². The lowest BCUT2D eigenvalue weighted by Gasteiger charge is -2.14. The van der Waals surface area contributed by atoms with Crippen LogP contribution in [0.25, 0.3) is 0 Å². The lowest BCUT2D eigenvalue weighted by atomic mass is 10.1. The molecule has 0 saturated heterocycles. The number of rotatable bonds is 5. The molecule has 1 aromatic carbocycles. The third kappa shape index (κ3) is 3.58. The van der Waals surface area contributed by atoms with Crippen molar-refractivity contribution in [2.75, 3.05) is 7.11 Å². The van der Waals surface area contributed by atoms with Gasteiger partial charge in [0.15, 0.2) is 0 Å².